The molecule has 0 radical (unpaired) electrons. The summed E-state index contributed by atoms with van der Waals surface area (Å²) in [5, 5.41) is 3.29. The van der Waals surface area contributed by atoms with Gasteiger partial charge in [-0.3, -0.25) is 4.79 Å². The summed E-state index contributed by atoms with van der Waals surface area (Å²) in [6, 6.07) is 7.97. The Balaban J connectivity index is 2.57. The fraction of sp³-hybridized carbons (Fsp3) is 0.182. The number of hydrogen-bond acceptors (Lipinski definition) is 2. The molecule has 2 rings (SSSR count). The molecule has 1 heterocycles. The Bertz CT molecular complexity index is 398. The summed E-state index contributed by atoms with van der Waals surface area (Å²) in [7, 11) is 0. The number of anilines is 1. The highest BCUT2D eigenvalue weighted by atomic mass is 79.9. The number of hydrogen-bond donors (Lipinski definition) is 1. The van der Waals surface area contributed by atoms with Gasteiger partial charge in [0.25, 0.3) is 0 Å². The van der Waals surface area contributed by atoms with E-state index in [1.807, 2.05) is 24.3 Å². The second kappa shape index (κ2) is 3.96. The molecule has 0 fully saturated rings. The van der Waals surface area contributed by atoms with Crippen LogP contribution in [0.25, 0.3) is 4.48 Å². The van der Waals surface area contributed by atoms with Crippen LogP contribution < -0.4 is 5.32 Å². The van der Waals surface area contributed by atoms with E-state index < -0.39 is 0 Å². The van der Waals surface area contributed by atoms with Gasteiger partial charge in [0.2, 0.25) is 0 Å². The summed E-state index contributed by atoms with van der Waals surface area (Å²) >= 11 is 3.47. The first-order valence-electron chi connectivity index (χ1n) is 4.50. The van der Waals surface area contributed by atoms with E-state index in [-0.39, 0.29) is 0 Å². The SMILES string of the molecule is O=CC1=C(Br)c2ccccc2NCC1. The van der Waals surface area contributed by atoms with E-state index in [9.17, 15) is 4.79 Å². The van der Waals surface area contributed by atoms with Crippen LogP contribution in [0.15, 0.2) is 29.8 Å². The third-order valence-corrected chi connectivity index (χ3v) is 3.23. The normalized spacial score (nSPS) is 15.5. The topological polar surface area (TPSA) is 29.1 Å². The van der Waals surface area contributed by atoms with Gasteiger partial charge in [-0.2, -0.15) is 0 Å². The Morgan fingerprint density at radius 1 is 1.36 bits per heavy atom. The number of fused-ring (bicyclic) bond motifs is 1. The smallest absolute Gasteiger partial charge is 0.147 e. The summed E-state index contributed by atoms with van der Waals surface area (Å²) in [6.45, 7) is 0.806. The molecule has 0 amide bonds. The minimum Gasteiger partial charge on any atom is -0.384 e. The van der Waals surface area contributed by atoms with E-state index in [1.54, 1.807) is 0 Å². The minimum absolute atomic E-state index is 0.763. The van der Waals surface area contributed by atoms with Crippen LogP contribution in [0.4, 0.5) is 5.69 Å². The van der Waals surface area contributed by atoms with Gasteiger partial charge in [-0.05, 0) is 28.4 Å². The summed E-state index contributed by atoms with van der Waals surface area (Å²) in [5.41, 5.74) is 2.96. The number of carbonyl (C=O) groups excluding carboxylic acids is 1. The molecule has 0 bridgehead atoms. The first-order valence-corrected chi connectivity index (χ1v) is 5.29. The van der Waals surface area contributed by atoms with Crippen LogP contribution in [-0.2, 0) is 4.79 Å². The third kappa shape index (κ3) is 1.60. The second-order valence-corrected chi connectivity index (χ2v) is 3.97. The van der Waals surface area contributed by atoms with E-state index in [0.717, 1.165) is 40.6 Å². The van der Waals surface area contributed by atoms with Crippen LogP contribution >= 0.6 is 15.9 Å². The van der Waals surface area contributed by atoms with Crippen molar-refractivity contribution < 1.29 is 4.79 Å². The van der Waals surface area contributed by atoms with Crippen molar-refractivity contribution >= 4 is 32.4 Å². The van der Waals surface area contributed by atoms with Crippen LogP contribution in [0.2, 0.25) is 0 Å². The molecule has 0 aliphatic carbocycles. The summed E-state index contributed by atoms with van der Waals surface area (Å²) in [4.78, 5) is 10.8. The Labute approximate surface area is 91.1 Å². The van der Waals surface area contributed by atoms with Crippen molar-refractivity contribution in [3.63, 3.8) is 0 Å². The van der Waals surface area contributed by atoms with Gasteiger partial charge in [-0.15, -0.1) is 0 Å². The quantitative estimate of drug-likeness (QED) is 0.778. The van der Waals surface area contributed by atoms with Gasteiger partial charge < -0.3 is 5.32 Å². The van der Waals surface area contributed by atoms with Gasteiger partial charge in [0, 0.05) is 27.9 Å². The largest absolute Gasteiger partial charge is 0.384 e. The minimum atomic E-state index is 0.763. The highest BCUT2D eigenvalue weighted by molar-refractivity contribution is 9.15. The number of rotatable bonds is 1. The molecule has 0 aromatic heterocycles. The van der Waals surface area contributed by atoms with E-state index in [0.29, 0.717) is 0 Å². The van der Waals surface area contributed by atoms with Crippen molar-refractivity contribution in [3.8, 4) is 0 Å². The molecule has 3 heteroatoms. The second-order valence-electron chi connectivity index (χ2n) is 3.18. The monoisotopic (exact) mass is 251 g/mol. The fourth-order valence-electron chi connectivity index (χ4n) is 1.55. The molecule has 1 aromatic carbocycles. The van der Waals surface area contributed by atoms with Crippen LogP contribution in [0.1, 0.15) is 12.0 Å². The van der Waals surface area contributed by atoms with Gasteiger partial charge in [-0.25, -0.2) is 0 Å². The van der Waals surface area contributed by atoms with E-state index >= 15 is 0 Å². The van der Waals surface area contributed by atoms with Gasteiger partial charge in [0.1, 0.15) is 6.29 Å². The lowest BCUT2D eigenvalue weighted by atomic mass is 10.1. The van der Waals surface area contributed by atoms with Crippen LogP contribution in [0, 0.1) is 0 Å². The molecule has 1 aliphatic rings. The molecule has 0 atom stereocenters. The first-order chi connectivity index (χ1) is 6.83. The van der Waals surface area contributed by atoms with Crippen molar-refractivity contribution in [2.75, 3.05) is 11.9 Å². The average Bonchev–Trinajstić information content (AvgIpc) is 2.39. The highest BCUT2D eigenvalue weighted by Gasteiger charge is 2.13. The number of halogens is 1. The Morgan fingerprint density at radius 2 is 2.14 bits per heavy atom. The lowest BCUT2D eigenvalue weighted by Crippen LogP contribution is -2.00. The maximum absolute atomic E-state index is 10.8. The molecule has 0 saturated heterocycles. The number of nitrogens with one attached hydrogen (secondary N) is 1. The van der Waals surface area contributed by atoms with Gasteiger partial charge in [0.05, 0.1) is 0 Å². The predicted molar refractivity (Wildman–Crippen MR) is 61.5 cm³/mol. The third-order valence-electron chi connectivity index (χ3n) is 2.30. The maximum atomic E-state index is 10.8. The molecule has 72 valence electrons. The van der Waals surface area contributed by atoms with Crippen molar-refractivity contribution in [2.24, 2.45) is 0 Å². The van der Waals surface area contributed by atoms with Crippen molar-refractivity contribution in [3.05, 3.63) is 35.4 Å². The van der Waals surface area contributed by atoms with E-state index in [4.69, 9.17) is 0 Å². The molecular formula is C11H10BrNO. The Hall–Kier alpha value is -1.09. The number of aldehydes is 1. The molecule has 1 N–H and O–H groups in total. The number of carbonyl (C=O) groups is 1. The fourth-order valence-corrected chi connectivity index (χ4v) is 2.19. The van der Waals surface area contributed by atoms with E-state index in [2.05, 4.69) is 21.2 Å². The maximum Gasteiger partial charge on any atom is 0.147 e. The molecule has 14 heavy (non-hydrogen) atoms. The Morgan fingerprint density at radius 3 is 2.93 bits per heavy atom. The number of benzene rings is 1. The van der Waals surface area contributed by atoms with Crippen LogP contribution in [0.5, 0.6) is 0 Å². The summed E-state index contributed by atoms with van der Waals surface area (Å²) in [5.74, 6) is 0. The molecule has 0 saturated carbocycles. The Kier molecular flexibility index (Phi) is 2.68. The molecule has 1 aliphatic heterocycles. The summed E-state index contributed by atoms with van der Waals surface area (Å²) < 4.78 is 0.910. The average molecular weight is 252 g/mol. The molecule has 1 aromatic rings. The molecule has 2 nitrogen and oxygen atoms in total. The van der Waals surface area contributed by atoms with Gasteiger partial charge >= 0.3 is 0 Å². The zero-order valence-electron chi connectivity index (χ0n) is 7.59. The van der Waals surface area contributed by atoms with Crippen molar-refractivity contribution in [1.82, 2.24) is 0 Å². The zero-order chi connectivity index (χ0) is 9.97. The van der Waals surface area contributed by atoms with Crippen LogP contribution in [0.3, 0.4) is 0 Å². The molecule has 0 spiro atoms. The van der Waals surface area contributed by atoms with Crippen LogP contribution in [-0.4, -0.2) is 12.8 Å². The highest BCUT2D eigenvalue weighted by Crippen LogP contribution is 2.33. The molecule has 0 unspecified atom stereocenters. The lowest BCUT2D eigenvalue weighted by Gasteiger charge is -2.06. The summed E-state index contributed by atoms with van der Waals surface area (Å²) in [6.07, 6.45) is 1.69. The lowest BCUT2D eigenvalue weighted by molar-refractivity contribution is -0.104. The standard InChI is InChI=1S/C11H10BrNO/c12-11-8(7-14)5-6-13-10-4-2-1-3-9(10)11/h1-4,7,13H,5-6H2. The first kappa shape index (κ1) is 9.46. The predicted octanol–water partition coefficient (Wildman–Crippen LogP) is 2.81. The molecular weight excluding hydrogens is 242 g/mol. The zero-order valence-corrected chi connectivity index (χ0v) is 9.17. The van der Waals surface area contributed by atoms with Gasteiger partial charge in [0.15, 0.2) is 0 Å². The van der Waals surface area contributed by atoms with Crippen molar-refractivity contribution in [1.29, 1.82) is 0 Å². The number of para-hydroxylation sites is 1. The van der Waals surface area contributed by atoms with Crippen molar-refractivity contribution in [2.45, 2.75) is 6.42 Å². The van der Waals surface area contributed by atoms with E-state index in [1.165, 1.54) is 0 Å². The van der Waals surface area contributed by atoms with Gasteiger partial charge in [-0.1, -0.05) is 18.2 Å².